The zero-order chi connectivity index (χ0) is 12.9. The van der Waals surface area contributed by atoms with Crippen LogP contribution in [0.15, 0.2) is 24.3 Å². The van der Waals surface area contributed by atoms with E-state index in [1.165, 1.54) is 0 Å². The number of hydrogen-bond donors (Lipinski definition) is 0. The van der Waals surface area contributed by atoms with Gasteiger partial charge in [0.25, 0.3) is 0 Å². The van der Waals surface area contributed by atoms with Crippen molar-refractivity contribution in [3.8, 4) is 11.8 Å². The number of para-hydroxylation sites is 1. The highest BCUT2D eigenvalue weighted by molar-refractivity contribution is 7.86. The van der Waals surface area contributed by atoms with Gasteiger partial charge in [0.1, 0.15) is 11.8 Å². The van der Waals surface area contributed by atoms with Crippen LogP contribution in [0.2, 0.25) is 0 Å². The van der Waals surface area contributed by atoms with Crippen molar-refractivity contribution >= 4 is 10.8 Å². The van der Waals surface area contributed by atoms with Crippen LogP contribution in [-0.2, 0) is 10.8 Å². The zero-order valence-corrected chi connectivity index (χ0v) is 11.2. The molecular weight excluding hydrogens is 234 g/mol. The van der Waals surface area contributed by atoms with Gasteiger partial charge >= 0.3 is 0 Å². The van der Waals surface area contributed by atoms with E-state index in [0.29, 0.717) is 23.7 Å². The fourth-order valence-electron chi connectivity index (χ4n) is 1.22. The molecule has 0 aliphatic carbocycles. The molecule has 1 unspecified atom stereocenters. The molecule has 17 heavy (non-hydrogen) atoms. The van der Waals surface area contributed by atoms with Gasteiger partial charge in [-0.25, -0.2) is 0 Å². The van der Waals surface area contributed by atoms with Crippen LogP contribution in [0.5, 0.6) is 5.75 Å². The lowest BCUT2D eigenvalue weighted by Gasteiger charge is -2.17. The summed E-state index contributed by atoms with van der Waals surface area (Å²) in [5.41, 5.74) is 0.508. The van der Waals surface area contributed by atoms with Crippen LogP contribution in [-0.4, -0.2) is 21.3 Å². The first-order valence-electron chi connectivity index (χ1n) is 5.45. The third-order valence-corrected chi connectivity index (χ3v) is 4.12. The van der Waals surface area contributed by atoms with Gasteiger partial charge in [-0.1, -0.05) is 12.1 Å². The van der Waals surface area contributed by atoms with Crippen molar-refractivity contribution in [1.82, 2.24) is 0 Å². The molecule has 0 aliphatic rings. The molecule has 1 aromatic carbocycles. The Morgan fingerprint density at radius 2 is 2.00 bits per heavy atom. The second-order valence-electron chi connectivity index (χ2n) is 4.62. The average molecular weight is 251 g/mol. The van der Waals surface area contributed by atoms with Crippen molar-refractivity contribution in [3.63, 3.8) is 0 Å². The standard InChI is InChI=1S/C13H17NO2S/c1-13(2,3)17(15)9-8-16-12-7-5-4-6-11(12)10-14/h4-7H,8-9H2,1-3H3. The van der Waals surface area contributed by atoms with E-state index in [4.69, 9.17) is 10.00 Å². The molecule has 0 fully saturated rings. The van der Waals surface area contributed by atoms with E-state index < -0.39 is 10.8 Å². The Morgan fingerprint density at radius 1 is 1.35 bits per heavy atom. The summed E-state index contributed by atoms with van der Waals surface area (Å²) in [5, 5.41) is 8.87. The summed E-state index contributed by atoms with van der Waals surface area (Å²) in [4.78, 5) is 0. The smallest absolute Gasteiger partial charge is 0.137 e. The molecule has 0 N–H and O–H groups in total. The number of benzene rings is 1. The lowest BCUT2D eigenvalue weighted by atomic mass is 10.2. The van der Waals surface area contributed by atoms with Gasteiger partial charge in [0.15, 0.2) is 0 Å². The molecule has 1 rings (SSSR count). The summed E-state index contributed by atoms with van der Waals surface area (Å²) < 4.78 is 17.0. The summed E-state index contributed by atoms with van der Waals surface area (Å²) in [7, 11) is -0.927. The maximum Gasteiger partial charge on any atom is 0.137 e. The first kappa shape index (κ1) is 13.7. The molecular formula is C13H17NO2S. The van der Waals surface area contributed by atoms with Gasteiger partial charge in [0, 0.05) is 15.5 Å². The van der Waals surface area contributed by atoms with Crippen molar-refractivity contribution in [3.05, 3.63) is 29.8 Å². The minimum Gasteiger partial charge on any atom is -0.491 e. The normalized spacial score (nSPS) is 12.8. The fourth-order valence-corrected chi connectivity index (χ4v) is 2.07. The van der Waals surface area contributed by atoms with Gasteiger partial charge < -0.3 is 4.74 Å². The topological polar surface area (TPSA) is 50.1 Å². The van der Waals surface area contributed by atoms with E-state index in [9.17, 15) is 4.21 Å². The van der Waals surface area contributed by atoms with Crippen molar-refractivity contribution in [2.45, 2.75) is 25.5 Å². The molecule has 0 heterocycles. The van der Waals surface area contributed by atoms with Crippen molar-refractivity contribution < 1.29 is 8.95 Å². The van der Waals surface area contributed by atoms with E-state index >= 15 is 0 Å². The highest BCUT2D eigenvalue weighted by atomic mass is 32.2. The van der Waals surface area contributed by atoms with Gasteiger partial charge in [-0.05, 0) is 32.9 Å². The molecule has 1 atom stereocenters. The Morgan fingerprint density at radius 3 is 2.59 bits per heavy atom. The average Bonchev–Trinajstić information content (AvgIpc) is 2.28. The Bertz CT molecular complexity index is 443. The van der Waals surface area contributed by atoms with Crippen LogP contribution in [0.1, 0.15) is 26.3 Å². The van der Waals surface area contributed by atoms with Crippen molar-refractivity contribution in [2.75, 3.05) is 12.4 Å². The van der Waals surface area contributed by atoms with Crippen LogP contribution < -0.4 is 4.74 Å². The van der Waals surface area contributed by atoms with Gasteiger partial charge in [-0.3, -0.25) is 4.21 Å². The molecule has 0 amide bonds. The van der Waals surface area contributed by atoms with Crippen molar-refractivity contribution in [1.29, 1.82) is 5.26 Å². The van der Waals surface area contributed by atoms with Crippen LogP contribution in [0.4, 0.5) is 0 Å². The first-order chi connectivity index (χ1) is 7.95. The monoisotopic (exact) mass is 251 g/mol. The number of rotatable bonds is 4. The number of nitriles is 1. The molecule has 0 aromatic heterocycles. The minimum absolute atomic E-state index is 0.224. The highest BCUT2D eigenvalue weighted by Gasteiger charge is 2.19. The Balaban J connectivity index is 2.53. The molecule has 92 valence electrons. The molecule has 0 spiro atoms. The van der Waals surface area contributed by atoms with E-state index in [1.807, 2.05) is 26.8 Å². The second-order valence-corrected chi connectivity index (χ2v) is 6.94. The van der Waals surface area contributed by atoms with Crippen LogP contribution in [0, 0.1) is 11.3 Å². The fraction of sp³-hybridized carbons (Fsp3) is 0.462. The third kappa shape index (κ3) is 4.20. The molecule has 0 radical (unpaired) electrons. The Hall–Kier alpha value is -1.34. The third-order valence-electron chi connectivity index (χ3n) is 2.22. The first-order valence-corrected chi connectivity index (χ1v) is 6.77. The largest absolute Gasteiger partial charge is 0.491 e. The molecule has 0 saturated carbocycles. The molecule has 1 aromatic rings. The van der Waals surface area contributed by atoms with Gasteiger partial charge in [-0.15, -0.1) is 0 Å². The highest BCUT2D eigenvalue weighted by Crippen LogP contribution is 2.17. The molecule has 3 nitrogen and oxygen atoms in total. The van der Waals surface area contributed by atoms with E-state index in [0.717, 1.165) is 0 Å². The quantitative estimate of drug-likeness (QED) is 0.826. The molecule has 0 aliphatic heterocycles. The lowest BCUT2D eigenvalue weighted by molar-refractivity contribution is 0.341. The summed E-state index contributed by atoms with van der Waals surface area (Å²) >= 11 is 0. The lowest BCUT2D eigenvalue weighted by Crippen LogP contribution is -2.26. The molecule has 0 bridgehead atoms. The predicted molar refractivity (Wildman–Crippen MR) is 69.4 cm³/mol. The summed E-state index contributed by atoms with van der Waals surface area (Å²) in [6.07, 6.45) is 0. The SMILES string of the molecule is CC(C)(C)S(=O)CCOc1ccccc1C#N. The summed E-state index contributed by atoms with van der Waals surface area (Å²) in [5.74, 6) is 1.03. The minimum atomic E-state index is -0.927. The van der Waals surface area contributed by atoms with Crippen LogP contribution in [0.25, 0.3) is 0 Å². The number of ether oxygens (including phenoxy) is 1. The second kappa shape index (κ2) is 5.83. The van der Waals surface area contributed by atoms with Crippen LogP contribution in [0.3, 0.4) is 0 Å². The zero-order valence-electron chi connectivity index (χ0n) is 10.4. The van der Waals surface area contributed by atoms with Gasteiger partial charge in [0.05, 0.1) is 17.9 Å². The summed E-state index contributed by atoms with van der Waals surface area (Å²) in [6.45, 7) is 6.17. The van der Waals surface area contributed by atoms with E-state index in [2.05, 4.69) is 6.07 Å². The van der Waals surface area contributed by atoms with E-state index in [-0.39, 0.29) is 4.75 Å². The summed E-state index contributed by atoms with van der Waals surface area (Å²) in [6, 6.07) is 9.12. The number of hydrogen-bond acceptors (Lipinski definition) is 3. The number of nitrogens with zero attached hydrogens (tertiary/aromatic N) is 1. The van der Waals surface area contributed by atoms with Gasteiger partial charge in [-0.2, -0.15) is 5.26 Å². The Labute approximate surface area is 105 Å². The maximum absolute atomic E-state index is 11.8. The van der Waals surface area contributed by atoms with Gasteiger partial charge in [0.2, 0.25) is 0 Å². The van der Waals surface area contributed by atoms with Crippen LogP contribution >= 0.6 is 0 Å². The Kier molecular flexibility index (Phi) is 4.71. The predicted octanol–water partition coefficient (Wildman–Crippen LogP) is 2.48. The van der Waals surface area contributed by atoms with E-state index in [1.54, 1.807) is 18.2 Å². The molecule has 4 heteroatoms. The van der Waals surface area contributed by atoms with Crippen molar-refractivity contribution in [2.24, 2.45) is 0 Å². The maximum atomic E-state index is 11.8. The molecule has 0 saturated heterocycles.